The Hall–Kier alpha value is -0.880. The fourth-order valence-electron chi connectivity index (χ4n) is 3.40. The van der Waals surface area contributed by atoms with E-state index in [4.69, 9.17) is 4.74 Å². The third kappa shape index (κ3) is 1.84. The van der Waals surface area contributed by atoms with Crippen LogP contribution in [0.15, 0.2) is 15.5 Å². The molecule has 104 valence electrons. The van der Waals surface area contributed by atoms with Gasteiger partial charge in [-0.25, -0.2) is 4.68 Å². The zero-order chi connectivity index (χ0) is 13.8. The highest BCUT2D eigenvalue weighted by Crippen LogP contribution is 2.53. The number of ether oxygens (including phenoxy) is 1. The number of hydrogen-bond donors (Lipinski definition) is 1. The van der Waals surface area contributed by atoms with E-state index in [0.29, 0.717) is 22.5 Å². The maximum atomic E-state index is 11.9. The van der Waals surface area contributed by atoms with Crippen molar-refractivity contribution in [1.82, 2.24) is 9.78 Å². The molecule has 3 rings (SSSR count). The summed E-state index contributed by atoms with van der Waals surface area (Å²) in [6.07, 6.45) is 3.12. The Bertz CT molecular complexity index is 569. The summed E-state index contributed by atoms with van der Waals surface area (Å²) in [7, 11) is 1.64. The SMILES string of the molecule is Cn1ncc(NC2C3CCOC3C2(C)C)c(Br)c1=O. The summed E-state index contributed by atoms with van der Waals surface area (Å²) in [5.74, 6) is 0.533. The average Bonchev–Trinajstić information content (AvgIpc) is 2.82. The van der Waals surface area contributed by atoms with Crippen LogP contribution in [0.1, 0.15) is 20.3 Å². The molecule has 1 aliphatic carbocycles. The van der Waals surface area contributed by atoms with Crippen LogP contribution < -0.4 is 10.9 Å². The first-order chi connectivity index (χ1) is 8.93. The number of hydrogen-bond acceptors (Lipinski definition) is 4. The second-order valence-electron chi connectivity index (χ2n) is 5.99. The van der Waals surface area contributed by atoms with Crippen molar-refractivity contribution in [2.24, 2.45) is 18.4 Å². The van der Waals surface area contributed by atoms with Crippen molar-refractivity contribution in [3.8, 4) is 0 Å². The third-order valence-corrected chi connectivity index (χ3v) is 5.26. The van der Waals surface area contributed by atoms with E-state index < -0.39 is 0 Å². The van der Waals surface area contributed by atoms with E-state index in [1.807, 2.05) is 0 Å². The van der Waals surface area contributed by atoms with Gasteiger partial charge < -0.3 is 10.1 Å². The fraction of sp³-hybridized carbons (Fsp3) is 0.692. The molecule has 2 heterocycles. The highest BCUT2D eigenvalue weighted by Gasteiger charge is 2.59. The first-order valence-corrected chi connectivity index (χ1v) is 7.32. The Morgan fingerprint density at radius 1 is 1.58 bits per heavy atom. The van der Waals surface area contributed by atoms with Gasteiger partial charge in [-0.1, -0.05) is 13.8 Å². The van der Waals surface area contributed by atoms with Crippen molar-refractivity contribution < 1.29 is 4.74 Å². The Balaban J connectivity index is 1.87. The van der Waals surface area contributed by atoms with Gasteiger partial charge in [0.2, 0.25) is 0 Å². The molecule has 19 heavy (non-hydrogen) atoms. The molecule has 1 aromatic rings. The number of aryl methyl sites for hydroxylation is 1. The quantitative estimate of drug-likeness (QED) is 0.899. The van der Waals surface area contributed by atoms with Crippen LogP contribution >= 0.6 is 15.9 Å². The lowest BCUT2D eigenvalue weighted by Gasteiger charge is -2.55. The predicted molar refractivity (Wildman–Crippen MR) is 76.2 cm³/mol. The average molecular weight is 328 g/mol. The molecule has 0 amide bonds. The highest BCUT2D eigenvalue weighted by molar-refractivity contribution is 9.10. The largest absolute Gasteiger partial charge is 0.379 e. The van der Waals surface area contributed by atoms with Crippen LogP contribution in [0.2, 0.25) is 0 Å². The standard InChI is InChI=1S/C13H18BrN3O2/c1-13(2)10(7-4-5-19-11(7)13)16-8-6-15-17(3)12(18)9(8)14/h6-7,10-11,16H,4-5H2,1-3H3. The van der Waals surface area contributed by atoms with Gasteiger partial charge in [-0.05, 0) is 22.4 Å². The highest BCUT2D eigenvalue weighted by atomic mass is 79.9. The summed E-state index contributed by atoms with van der Waals surface area (Å²) in [6, 6.07) is 0.324. The lowest BCUT2D eigenvalue weighted by Crippen LogP contribution is -2.63. The maximum absolute atomic E-state index is 11.9. The van der Waals surface area contributed by atoms with Crippen LogP contribution in [0.3, 0.4) is 0 Å². The summed E-state index contributed by atoms with van der Waals surface area (Å²) in [4.78, 5) is 11.9. The van der Waals surface area contributed by atoms with Crippen molar-refractivity contribution in [1.29, 1.82) is 0 Å². The van der Waals surface area contributed by atoms with E-state index in [-0.39, 0.29) is 11.0 Å². The number of nitrogens with zero attached hydrogens (tertiary/aromatic N) is 2. The Morgan fingerprint density at radius 2 is 2.32 bits per heavy atom. The van der Waals surface area contributed by atoms with Crippen molar-refractivity contribution in [2.75, 3.05) is 11.9 Å². The van der Waals surface area contributed by atoms with Crippen LogP contribution in [0.5, 0.6) is 0 Å². The van der Waals surface area contributed by atoms with Crippen LogP contribution in [-0.2, 0) is 11.8 Å². The van der Waals surface area contributed by atoms with Gasteiger partial charge in [-0.3, -0.25) is 4.79 Å². The van der Waals surface area contributed by atoms with E-state index in [1.165, 1.54) is 4.68 Å². The minimum absolute atomic E-state index is 0.0850. The Kier molecular flexibility index (Phi) is 2.98. The summed E-state index contributed by atoms with van der Waals surface area (Å²) >= 11 is 3.36. The molecule has 1 N–H and O–H groups in total. The van der Waals surface area contributed by atoms with Crippen LogP contribution in [-0.4, -0.2) is 28.5 Å². The molecular formula is C13H18BrN3O2. The van der Waals surface area contributed by atoms with Gasteiger partial charge in [0.25, 0.3) is 5.56 Å². The van der Waals surface area contributed by atoms with Gasteiger partial charge in [0.15, 0.2) is 0 Å². The van der Waals surface area contributed by atoms with Crippen molar-refractivity contribution >= 4 is 21.6 Å². The molecule has 6 heteroatoms. The molecule has 0 aromatic carbocycles. The van der Waals surface area contributed by atoms with Crippen LogP contribution in [0.25, 0.3) is 0 Å². The van der Waals surface area contributed by atoms with Crippen LogP contribution in [0.4, 0.5) is 5.69 Å². The van der Waals surface area contributed by atoms with E-state index in [1.54, 1.807) is 13.2 Å². The predicted octanol–water partition coefficient (Wildman–Crippen LogP) is 1.77. The molecular weight excluding hydrogens is 310 g/mol. The third-order valence-electron chi connectivity index (χ3n) is 4.49. The lowest BCUT2D eigenvalue weighted by molar-refractivity contribution is -0.0923. The minimum Gasteiger partial charge on any atom is -0.379 e. The lowest BCUT2D eigenvalue weighted by atomic mass is 9.57. The van der Waals surface area contributed by atoms with Gasteiger partial charge in [0.05, 0.1) is 18.0 Å². The summed E-state index contributed by atoms with van der Waals surface area (Å²) in [5.41, 5.74) is 0.731. The number of halogens is 1. The molecule has 0 bridgehead atoms. The van der Waals surface area contributed by atoms with Gasteiger partial charge >= 0.3 is 0 Å². The second kappa shape index (κ2) is 4.31. The normalized spacial score (nSPS) is 31.7. The van der Waals surface area contributed by atoms with Gasteiger partial charge in [0.1, 0.15) is 4.47 Å². The van der Waals surface area contributed by atoms with Crippen molar-refractivity contribution in [2.45, 2.75) is 32.4 Å². The molecule has 0 spiro atoms. The topological polar surface area (TPSA) is 56.1 Å². The number of nitrogens with one attached hydrogen (secondary N) is 1. The smallest absolute Gasteiger partial charge is 0.282 e. The van der Waals surface area contributed by atoms with Gasteiger partial charge in [-0.15, -0.1) is 0 Å². The van der Waals surface area contributed by atoms with E-state index in [2.05, 4.69) is 40.2 Å². The molecule has 5 nitrogen and oxygen atoms in total. The zero-order valence-electron chi connectivity index (χ0n) is 11.3. The zero-order valence-corrected chi connectivity index (χ0v) is 12.9. The number of fused-ring (bicyclic) bond motifs is 1. The first-order valence-electron chi connectivity index (χ1n) is 6.53. The molecule has 1 aromatic heterocycles. The van der Waals surface area contributed by atoms with E-state index in [0.717, 1.165) is 18.7 Å². The molecule has 1 saturated heterocycles. The van der Waals surface area contributed by atoms with Crippen molar-refractivity contribution in [3.63, 3.8) is 0 Å². The number of aromatic nitrogens is 2. The molecule has 0 radical (unpaired) electrons. The molecule has 2 aliphatic rings. The molecule has 1 aliphatic heterocycles. The summed E-state index contributed by atoms with van der Waals surface area (Å²) in [6.45, 7) is 5.26. The van der Waals surface area contributed by atoms with E-state index >= 15 is 0 Å². The second-order valence-corrected chi connectivity index (χ2v) is 6.78. The van der Waals surface area contributed by atoms with Gasteiger partial charge in [-0.2, -0.15) is 5.10 Å². The summed E-state index contributed by atoms with van der Waals surface area (Å²) in [5, 5.41) is 7.54. The number of rotatable bonds is 2. The monoisotopic (exact) mass is 327 g/mol. The summed E-state index contributed by atoms with van der Waals surface area (Å²) < 4.78 is 7.64. The van der Waals surface area contributed by atoms with E-state index in [9.17, 15) is 4.79 Å². The molecule has 2 fully saturated rings. The van der Waals surface area contributed by atoms with Crippen molar-refractivity contribution in [3.05, 3.63) is 21.0 Å². The minimum atomic E-state index is -0.124. The fourth-order valence-corrected chi connectivity index (χ4v) is 3.87. The molecule has 1 saturated carbocycles. The first kappa shape index (κ1) is 13.1. The molecule has 3 atom stereocenters. The number of anilines is 1. The van der Waals surface area contributed by atoms with Gasteiger partial charge in [0, 0.05) is 31.0 Å². The molecule has 3 unspecified atom stereocenters. The van der Waals surface area contributed by atoms with Crippen LogP contribution in [0, 0.1) is 11.3 Å². The maximum Gasteiger partial charge on any atom is 0.282 e. The Labute approximate surface area is 120 Å². The Morgan fingerprint density at radius 3 is 3.05 bits per heavy atom.